The Kier molecular flexibility index (Phi) is 6.79. The third-order valence-electron chi connectivity index (χ3n) is 4.44. The Morgan fingerprint density at radius 3 is 2.35 bits per heavy atom. The van der Waals surface area contributed by atoms with Gasteiger partial charge in [0.2, 0.25) is 0 Å². The summed E-state index contributed by atoms with van der Waals surface area (Å²) in [6, 6.07) is 0.0811. The summed E-state index contributed by atoms with van der Waals surface area (Å²) in [6.45, 7) is 5.07. The predicted molar refractivity (Wildman–Crippen MR) is 76.8 cm³/mol. The van der Waals surface area contributed by atoms with E-state index in [1.54, 1.807) is 4.90 Å². The molecule has 0 aromatic rings. The molecule has 1 fully saturated rings. The third kappa shape index (κ3) is 5.24. The number of halogens is 3. The number of alkyl halides is 3. The Balaban J connectivity index is 2.82. The molecular weight excluding hydrogens is 265 g/mol. The lowest BCUT2D eigenvalue weighted by molar-refractivity contribution is -0.159. The Bertz CT molecular complexity index is 279. The van der Waals surface area contributed by atoms with Crippen molar-refractivity contribution in [3.8, 4) is 0 Å². The van der Waals surface area contributed by atoms with E-state index in [-0.39, 0.29) is 18.1 Å². The standard InChI is InChI=1S/C15H29F3N2/c1-5-6-12-7-8-13(19-4)14(9-12)20(11(2)3)10-15(16,17)18/h11-14,19H,5-10H2,1-4H3. The molecule has 0 radical (unpaired) electrons. The van der Waals surface area contributed by atoms with Crippen LogP contribution in [0.1, 0.15) is 52.9 Å². The predicted octanol–water partition coefficient (Wildman–Crippen LogP) is 3.82. The third-order valence-corrected chi connectivity index (χ3v) is 4.44. The fourth-order valence-electron chi connectivity index (χ4n) is 3.49. The molecule has 2 nitrogen and oxygen atoms in total. The lowest BCUT2D eigenvalue weighted by Crippen LogP contribution is -2.56. The largest absolute Gasteiger partial charge is 0.401 e. The molecule has 0 aromatic carbocycles. The van der Waals surface area contributed by atoms with Crippen LogP contribution in [0.15, 0.2) is 0 Å². The molecular formula is C15H29F3N2. The highest BCUT2D eigenvalue weighted by atomic mass is 19.4. The van der Waals surface area contributed by atoms with Gasteiger partial charge in [0.05, 0.1) is 6.54 Å². The van der Waals surface area contributed by atoms with E-state index in [9.17, 15) is 13.2 Å². The van der Waals surface area contributed by atoms with Crippen molar-refractivity contribution in [3.63, 3.8) is 0 Å². The van der Waals surface area contributed by atoms with Crippen LogP contribution in [0, 0.1) is 5.92 Å². The van der Waals surface area contributed by atoms with Crippen LogP contribution < -0.4 is 5.32 Å². The first-order valence-corrected chi connectivity index (χ1v) is 7.78. The minimum Gasteiger partial charge on any atom is -0.315 e. The average Bonchev–Trinajstić information content (AvgIpc) is 2.35. The van der Waals surface area contributed by atoms with Gasteiger partial charge in [0.15, 0.2) is 0 Å². The van der Waals surface area contributed by atoms with Gasteiger partial charge in [-0.25, -0.2) is 0 Å². The normalized spacial score (nSPS) is 28.4. The zero-order valence-electron chi connectivity index (χ0n) is 13.1. The van der Waals surface area contributed by atoms with Crippen LogP contribution in [0.4, 0.5) is 13.2 Å². The van der Waals surface area contributed by atoms with E-state index in [0.717, 1.165) is 32.1 Å². The number of likely N-dealkylation sites (N-methyl/N-ethyl adjacent to an activating group) is 1. The van der Waals surface area contributed by atoms with E-state index >= 15 is 0 Å². The van der Waals surface area contributed by atoms with Crippen molar-refractivity contribution in [1.82, 2.24) is 10.2 Å². The summed E-state index contributed by atoms with van der Waals surface area (Å²) in [6.07, 6.45) is 1.11. The van der Waals surface area contributed by atoms with Crippen LogP contribution in [-0.4, -0.2) is 42.8 Å². The number of nitrogens with one attached hydrogen (secondary N) is 1. The second-order valence-corrected chi connectivity index (χ2v) is 6.31. The molecule has 20 heavy (non-hydrogen) atoms. The van der Waals surface area contributed by atoms with E-state index in [1.807, 2.05) is 20.9 Å². The van der Waals surface area contributed by atoms with Gasteiger partial charge in [-0.05, 0) is 46.1 Å². The minimum atomic E-state index is -4.12. The van der Waals surface area contributed by atoms with Crippen LogP contribution in [0.5, 0.6) is 0 Å². The Labute approximate surface area is 121 Å². The van der Waals surface area contributed by atoms with Crippen molar-refractivity contribution >= 4 is 0 Å². The molecule has 1 aliphatic carbocycles. The molecule has 0 aliphatic heterocycles. The molecule has 1 aliphatic rings. The minimum absolute atomic E-state index is 0.00748. The van der Waals surface area contributed by atoms with Gasteiger partial charge in [-0.1, -0.05) is 19.8 Å². The van der Waals surface area contributed by atoms with Crippen LogP contribution in [0.3, 0.4) is 0 Å². The van der Waals surface area contributed by atoms with E-state index in [1.165, 1.54) is 0 Å². The van der Waals surface area contributed by atoms with Crippen molar-refractivity contribution in [3.05, 3.63) is 0 Å². The number of rotatable bonds is 6. The van der Waals surface area contributed by atoms with Gasteiger partial charge in [0.1, 0.15) is 0 Å². The molecule has 120 valence electrons. The lowest BCUT2D eigenvalue weighted by Gasteiger charge is -2.44. The molecule has 5 heteroatoms. The maximum atomic E-state index is 12.8. The molecule has 0 saturated heterocycles. The summed E-state index contributed by atoms with van der Waals surface area (Å²) < 4.78 is 38.5. The Hall–Kier alpha value is -0.290. The van der Waals surface area contributed by atoms with Crippen LogP contribution in [0.2, 0.25) is 0 Å². The molecule has 3 unspecified atom stereocenters. The quantitative estimate of drug-likeness (QED) is 0.801. The SMILES string of the molecule is CCCC1CCC(NC)C(N(CC(F)(F)F)C(C)C)C1. The summed E-state index contributed by atoms with van der Waals surface area (Å²) in [5, 5.41) is 3.23. The van der Waals surface area contributed by atoms with Gasteiger partial charge in [0.25, 0.3) is 0 Å². The molecule has 0 heterocycles. The van der Waals surface area contributed by atoms with Crippen LogP contribution >= 0.6 is 0 Å². The van der Waals surface area contributed by atoms with Crippen molar-refractivity contribution in [2.75, 3.05) is 13.6 Å². The van der Waals surface area contributed by atoms with E-state index in [2.05, 4.69) is 12.2 Å². The van der Waals surface area contributed by atoms with Crippen molar-refractivity contribution < 1.29 is 13.2 Å². The van der Waals surface area contributed by atoms with Crippen LogP contribution in [0.25, 0.3) is 0 Å². The summed E-state index contributed by atoms with van der Waals surface area (Å²) in [4.78, 5) is 1.64. The van der Waals surface area contributed by atoms with Crippen LogP contribution in [-0.2, 0) is 0 Å². The van der Waals surface area contributed by atoms with Gasteiger partial charge in [0, 0.05) is 18.1 Å². The van der Waals surface area contributed by atoms with Crippen molar-refractivity contribution in [2.45, 2.75) is 77.2 Å². The summed E-state index contributed by atoms with van der Waals surface area (Å²) in [5.74, 6) is 0.573. The molecule has 3 atom stereocenters. The first-order valence-electron chi connectivity index (χ1n) is 7.78. The van der Waals surface area contributed by atoms with E-state index in [0.29, 0.717) is 5.92 Å². The zero-order chi connectivity index (χ0) is 15.3. The fraction of sp³-hybridized carbons (Fsp3) is 1.00. The smallest absolute Gasteiger partial charge is 0.315 e. The number of nitrogens with zero attached hydrogens (tertiary/aromatic N) is 1. The number of hydrogen-bond donors (Lipinski definition) is 1. The van der Waals surface area contributed by atoms with Crippen molar-refractivity contribution in [1.29, 1.82) is 0 Å². The summed E-state index contributed by atoms with van der Waals surface area (Å²) in [5.41, 5.74) is 0. The van der Waals surface area contributed by atoms with Gasteiger partial charge in [-0.2, -0.15) is 13.2 Å². The zero-order valence-corrected chi connectivity index (χ0v) is 13.1. The maximum Gasteiger partial charge on any atom is 0.401 e. The molecule has 0 aromatic heterocycles. The summed E-state index contributed by atoms with van der Waals surface area (Å²) >= 11 is 0. The van der Waals surface area contributed by atoms with Crippen molar-refractivity contribution in [2.24, 2.45) is 5.92 Å². The number of hydrogen-bond acceptors (Lipinski definition) is 2. The summed E-state index contributed by atoms with van der Waals surface area (Å²) in [7, 11) is 1.86. The first-order chi connectivity index (χ1) is 9.28. The fourth-order valence-corrected chi connectivity index (χ4v) is 3.49. The Morgan fingerprint density at radius 1 is 1.25 bits per heavy atom. The van der Waals surface area contributed by atoms with Gasteiger partial charge in [-0.3, -0.25) is 4.90 Å². The van der Waals surface area contributed by atoms with Gasteiger partial charge in [-0.15, -0.1) is 0 Å². The highest BCUT2D eigenvalue weighted by molar-refractivity contribution is 4.92. The Morgan fingerprint density at radius 2 is 1.90 bits per heavy atom. The topological polar surface area (TPSA) is 15.3 Å². The van der Waals surface area contributed by atoms with E-state index in [4.69, 9.17) is 0 Å². The molecule has 1 N–H and O–H groups in total. The van der Waals surface area contributed by atoms with E-state index < -0.39 is 12.7 Å². The molecule has 1 rings (SSSR count). The lowest BCUT2D eigenvalue weighted by atomic mass is 9.79. The molecule has 0 spiro atoms. The highest BCUT2D eigenvalue weighted by Crippen LogP contribution is 2.33. The monoisotopic (exact) mass is 294 g/mol. The highest BCUT2D eigenvalue weighted by Gasteiger charge is 2.40. The van der Waals surface area contributed by atoms with Gasteiger partial charge < -0.3 is 5.32 Å². The molecule has 0 bridgehead atoms. The average molecular weight is 294 g/mol. The first kappa shape index (κ1) is 17.8. The second-order valence-electron chi connectivity index (χ2n) is 6.31. The van der Waals surface area contributed by atoms with Gasteiger partial charge >= 0.3 is 6.18 Å². The molecule has 1 saturated carbocycles. The maximum absolute atomic E-state index is 12.8. The second kappa shape index (κ2) is 7.64. The molecule has 0 amide bonds.